The molecule has 180 valence electrons. The fraction of sp³-hybridized carbons (Fsp3) is 0.0303. The topological polar surface area (TPSA) is 21.7 Å². The molecule has 2 bridgehead atoms. The molecule has 0 unspecified atom stereocenters. The highest BCUT2D eigenvalue weighted by Crippen LogP contribution is 2.18. The lowest BCUT2D eigenvalue weighted by Gasteiger charge is -2.19. The minimum Gasteiger partial charge on any atom is -0.495 e. The maximum atomic E-state index is 5.95. The van der Waals surface area contributed by atoms with Crippen LogP contribution >= 0.6 is 0 Å². The Balaban J connectivity index is 1.69. The number of ether oxygens (including phenoxy) is 2. The Bertz CT molecular complexity index is 1200. The van der Waals surface area contributed by atoms with Gasteiger partial charge in [-0.2, -0.15) is 0 Å². The molecule has 0 saturated heterocycles. The third kappa shape index (κ3) is 10.9. The fourth-order valence-corrected chi connectivity index (χ4v) is 2.92. The summed E-state index contributed by atoms with van der Waals surface area (Å²) in [5, 5.41) is 0. The third-order valence-corrected chi connectivity index (χ3v) is 4.65. The molecule has 0 fully saturated rings. The minimum absolute atomic E-state index is 0.482. The first-order valence-corrected chi connectivity index (χ1v) is 11.8. The number of nitrogens with zero attached hydrogens (tertiary/aromatic N) is 1. The summed E-state index contributed by atoms with van der Waals surface area (Å²) in [5.74, 6) is 1.52. The van der Waals surface area contributed by atoms with E-state index in [0.717, 1.165) is 17.2 Å². The molecule has 0 spiro atoms. The van der Waals surface area contributed by atoms with Gasteiger partial charge in [0.2, 0.25) is 0 Å². The zero-order valence-electron chi connectivity index (χ0n) is 20.2. The summed E-state index contributed by atoms with van der Waals surface area (Å²) in [6, 6.07) is 0. The highest BCUT2D eigenvalue weighted by Gasteiger charge is 2.06. The molecular formula is C33H31NO2. The highest BCUT2D eigenvalue weighted by molar-refractivity contribution is 5.35. The first-order chi connectivity index (χ1) is 17.9. The molecule has 3 heterocycles. The lowest BCUT2D eigenvalue weighted by atomic mass is 10.2. The standard InChI is InChI=1S/C33H31NO2/c1-2-4-6-8-10-12-14-16-20-29-35-30-31-22-18-19-27-34(31)28-26-33-25-21-24-32(36-33)23-17-15-13-11-9-7-5-3-1/h1-28,30H,29H2. The fourth-order valence-electron chi connectivity index (χ4n) is 2.92. The largest absolute Gasteiger partial charge is 0.495 e. The van der Waals surface area contributed by atoms with Crippen molar-refractivity contribution in [1.82, 2.24) is 4.90 Å². The molecule has 0 aromatic carbocycles. The molecule has 3 aliphatic heterocycles. The van der Waals surface area contributed by atoms with Gasteiger partial charge in [0.05, 0.1) is 5.70 Å². The Morgan fingerprint density at radius 3 is 1.69 bits per heavy atom. The molecule has 3 aliphatic rings. The van der Waals surface area contributed by atoms with Gasteiger partial charge in [-0.3, -0.25) is 0 Å². The van der Waals surface area contributed by atoms with Gasteiger partial charge >= 0.3 is 0 Å². The van der Waals surface area contributed by atoms with E-state index in [2.05, 4.69) is 0 Å². The normalized spacial score (nSPS) is 18.4. The van der Waals surface area contributed by atoms with E-state index in [9.17, 15) is 0 Å². The zero-order chi connectivity index (χ0) is 24.9. The lowest BCUT2D eigenvalue weighted by molar-refractivity contribution is 0.281. The molecule has 3 rings (SSSR count). The quantitative estimate of drug-likeness (QED) is 0.355. The van der Waals surface area contributed by atoms with Gasteiger partial charge < -0.3 is 14.4 Å². The summed E-state index contributed by atoms with van der Waals surface area (Å²) in [6.45, 7) is 0.482. The molecule has 0 aromatic rings. The van der Waals surface area contributed by atoms with Crippen LogP contribution in [0.4, 0.5) is 0 Å². The van der Waals surface area contributed by atoms with E-state index in [1.54, 1.807) is 6.26 Å². The van der Waals surface area contributed by atoms with Crippen molar-refractivity contribution >= 4 is 0 Å². The summed E-state index contributed by atoms with van der Waals surface area (Å²) < 4.78 is 11.7. The van der Waals surface area contributed by atoms with Crippen LogP contribution in [0, 0.1) is 0 Å². The van der Waals surface area contributed by atoms with Crippen LogP contribution in [-0.2, 0) is 9.47 Å². The monoisotopic (exact) mass is 473 g/mol. The van der Waals surface area contributed by atoms with E-state index in [-0.39, 0.29) is 0 Å². The van der Waals surface area contributed by atoms with E-state index in [4.69, 9.17) is 9.47 Å². The van der Waals surface area contributed by atoms with Crippen molar-refractivity contribution in [3.05, 3.63) is 194 Å². The Hall–Kier alpha value is -4.76. The SMILES string of the molecule is C1=CC=CC=CC=CC=CCOC=C2C=CC=CN2C=CC2=CC=CC(=CC=CC=CC=CC=C1)O2. The highest BCUT2D eigenvalue weighted by atomic mass is 16.5. The van der Waals surface area contributed by atoms with Crippen molar-refractivity contribution in [3.63, 3.8) is 0 Å². The summed E-state index contributed by atoms with van der Waals surface area (Å²) in [4.78, 5) is 1.98. The predicted octanol–water partition coefficient (Wildman–Crippen LogP) is 8.12. The molecule has 0 atom stereocenters. The molecule has 0 aromatic heterocycles. The number of fused-ring (bicyclic) bond motifs is 3. The van der Waals surface area contributed by atoms with Gasteiger partial charge in [-0.1, -0.05) is 115 Å². The second-order valence-corrected chi connectivity index (χ2v) is 7.41. The van der Waals surface area contributed by atoms with Crippen molar-refractivity contribution in [1.29, 1.82) is 0 Å². The second-order valence-electron chi connectivity index (χ2n) is 7.41. The van der Waals surface area contributed by atoms with E-state index in [1.165, 1.54) is 0 Å². The van der Waals surface area contributed by atoms with Crippen LogP contribution in [0.25, 0.3) is 0 Å². The molecule has 36 heavy (non-hydrogen) atoms. The van der Waals surface area contributed by atoms with E-state index in [0.29, 0.717) is 6.61 Å². The van der Waals surface area contributed by atoms with Crippen LogP contribution in [0.2, 0.25) is 0 Å². The molecule has 3 nitrogen and oxygen atoms in total. The van der Waals surface area contributed by atoms with E-state index < -0.39 is 0 Å². The van der Waals surface area contributed by atoms with Crippen LogP contribution < -0.4 is 0 Å². The molecule has 0 aliphatic carbocycles. The van der Waals surface area contributed by atoms with E-state index >= 15 is 0 Å². The predicted molar refractivity (Wildman–Crippen MR) is 152 cm³/mol. The van der Waals surface area contributed by atoms with Crippen LogP contribution in [0.15, 0.2) is 194 Å². The summed E-state index contributed by atoms with van der Waals surface area (Å²) in [7, 11) is 0. The zero-order valence-corrected chi connectivity index (χ0v) is 20.2. The van der Waals surface area contributed by atoms with E-state index in [1.807, 2.05) is 175 Å². The van der Waals surface area contributed by atoms with Crippen molar-refractivity contribution in [2.24, 2.45) is 0 Å². The Morgan fingerprint density at radius 2 is 1.03 bits per heavy atom. The molecule has 0 saturated carbocycles. The van der Waals surface area contributed by atoms with Gasteiger partial charge in [-0.05, 0) is 42.5 Å². The molecule has 0 N–H and O–H groups in total. The van der Waals surface area contributed by atoms with Gasteiger partial charge in [0, 0.05) is 12.4 Å². The first-order valence-electron chi connectivity index (χ1n) is 11.8. The van der Waals surface area contributed by atoms with Gasteiger partial charge in [0.15, 0.2) is 0 Å². The lowest BCUT2D eigenvalue weighted by Crippen LogP contribution is -2.10. The van der Waals surface area contributed by atoms with Gasteiger partial charge in [0.25, 0.3) is 0 Å². The summed E-state index contributed by atoms with van der Waals surface area (Å²) in [6.07, 6.45) is 56.9. The summed E-state index contributed by atoms with van der Waals surface area (Å²) >= 11 is 0. The van der Waals surface area contributed by atoms with Crippen molar-refractivity contribution in [2.75, 3.05) is 6.61 Å². The average molecular weight is 474 g/mol. The number of rotatable bonds is 0. The molecular weight excluding hydrogens is 442 g/mol. The summed E-state index contributed by atoms with van der Waals surface area (Å²) in [5.41, 5.74) is 0.923. The maximum absolute atomic E-state index is 5.95. The minimum atomic E-state index is 0.482. The van der Waals surface area contributed by atoms with Gasteiger partial charge in [0.1, 0.15) is 24.4 Å². The molecule has 0 radical (unpaired) electrons. The molecule has 3 heteroatoms. The Kier molecular flexibility index (Phi) is 12.1. The second kappa shape index (κ2) is 16.8. The van der Waals surface area contributed by atoms with Crippen molar-refractivity contribution in [3.8, 4) is 0 Å². The Morgan fingerprint density at radius 1 is 0.472 bits per heavy atom. The van der Waals surface area contributed by atoms with Crippen LogP contribution in [0.1, 0.15) is 0 Å². The first kappa shape index (κ1) is 25.9. The Labute approximate surface area is 214 Å². The average Bonchev–Trinajstić information content (AvgIpc) is 2.90. The smallest absolute Gasteiger partial charge is 0.128 e. The number of hydrogen-bond acceptors (Lipinski definition) is 3. The van der Waals surface area contributed by atoms with Gasteiger partial charge in [-0.25, -0.2) is 0 Å². The van der Waals surface area contributed by atoms with Crippen molar-refractivity contribution < 1.29 is 9.47 Å². The third-order valence-electron chi connectivity index (χ3n) is 4.65. The molecule has 0 amide bonds. The van der Waals surface area contributed by atoms with Crippen LogP contribution in [0.3, 0.4) is 0 Å². The van der Waals surface area contributed by atoms with Crippen LogP contribution in [0.5, 0.6) is 0 Å². The van der Waals surface area contributed by atoms with Gasteiger partial charge in [-0.15, -0.1) is 0 Å². The number of allylic oxidation sites excluding steroid dienone is 25. The van der Waals surface area contributed by atoms with Crippen LogP contribution in [-0.4, -0.2) is 11.5 Å². The van der Waals surface area contributed by atoms with Crippen molar-refractivity contribution in [2.45, 2.75) is 0 Å². The maximum Gasteiger partial charge on any atom is 0.128 e. The number of hydrogen-bond donors (Lipinski definition) is 0.